The molecular weight excluding hydrogens is 260 g/mol. The number of nitrogens with zero attached hydrogens (tertiary/aromatic N) is 4. The first-order chi connectivity index (χ1) is 9.70. The predicted octanol–water partition coefficient (Wildman–Crippen LogP) is 0.535. The molecule has 0 spiro atoms. The van der Waals surface area contributed by atoms with Crippen LogP contribution in [0.3, 0.4) is 0 Å². The molecule has 2 N–H and O–H groups in total. The standard InChI is InChI=1S/C12H16N6O2/c1-18(5-6-20-2)11-4-3-9(7-13-11)15-12(19)10-8-14-17-16-10/h3-4,7-8H,5-6H2,1-2H3,(H,15,19)(H,14,16,17). The summed E-state index contributed by atoms with van der Waals surface area (Å²) in [4.78, 5) is 18.0. The Kier molecular flexibility index (Phi) is 4.61. The Labute approximate surface area is 116 Å². The van der Waals surface area contributed by atoms with Gasteiger partial charge in [0, 0.05) is 20.7 Å². The lowest BCUT2D eigenvalue weighted by Crippen LogP contribution is -2.23. The first-order valence-corrected chi connectivity index (χ1v) is 6.04. The van der Waals surface area contributed by atoms with Crippen LogP contribution in [0.1, 0.15) is 10.5 Å². The second-order valence-corrected chi connectivity index (χ2v) is 4.13. The van der Waals surface area contributed by atoms with Crippen molar-refractivity contribution in [2.75, 3.05) is 37.5 Å². The number of methoxy groups -OCH3 is 1. The normalized spacial score (nSPS) is 10.3. The van der Waals surface area contributed by atoms with Crippen molar-refractivity contribution in [1.29, 1.82) is 0 Å². The van der Waals surface area contributed by atoms with Crippen molar-refractivity contribution in [2.24, 2.45) is 0 Å². The third-order valence-corrected chi connectivity index (χ3v) is 2.68. The van der Waals surface area contributed by atoms with E-state index in [2.05, 4.69) is 25.7 Å². The van der Waals surface area contributed by atoms with Gasteiger partial charge in [-0.25, -0.2) is 4.98 Å². The molecule has 2 rings (SSSR count). The van der Waals surface area contributed by atoms with E-state index in [0.717, 1.165) is 12.4 Å². The molecule has 0 fully saturated rings. The lowest BCUT2D eigenvalue weighted by atomic mass is 10.3. The van der Waals surface area contributed by atoms with Gasteiger partial charge in [0.15, 0.2) is 5.69 Å². The number of hydrogen-bond donors (Lipinski definition) is 2. The number of amides is 1. The third kappa shape index (κ3) is 3.51. The molecule has 2 heterocycles. The SMILES string of the molecule is COCCN(C)c1ccc(NC(=O)c2cn[nH]n2)cn1. The number of ether oxygens (including phenoxy) is 1. The number of aromatic nitrogens is 4. The average Bonchev–Trinajstić information content (AvgIpc) is 3.00. The summed E-state index contributed by atoms with van der Waals surface area (Å²) in [6.45, 7) is 1.37. The molecule has 8 heteroatoms. The number of carbonyl (C=O) groups is 1. The Hall–Kier alpha value is -2.48. The molecule has 2 aromatic heterocycles. The van der Waals surface area contributed by atoms with Gasteiger partial charge >= 0.3 is 0 Å². The van der Waals surface area contributed by atoms with Crippen LogP contribution in [0.2, 0.25) is 0 Å². The first-order valence-electron chi connectivity index (χ1n) is 6.04. The molecule has 0 atom stereocenters. The lowest BCUT2D eigenvalue weighted by molar-refractivity contribution is 0.102. The van der Waals surface area contributed by atoms with Crippen molar-refractivity contribution in [3.63, 3.8) is 0 Å². The smallest absolute Gasteiger partial charge is 0.277 e. The molecule has 0 unspecified atom stereocenters. The van der Waals surface area contributed by atoms with E-state index in [4.69, 9.17) is 4.74 Å². The zero-order chi connectivity index (χ0) is 14.4. The van der Waals surface area contributed by atoms with Crippen molar-refractivity contribution in [1.82, 2.24) is 20.4 Å². The minimum absolute atomic E-state index is 0.228. The van der Waals surface area contributed by atoms with Gasteiger partial charge in [0.1, 0.15) is 5.82 Å². The van der Waals surface area contributed by atoms with E-state index in [-0.39, 0.29) is 11.6 Å². The second kappa shape index (κ2) is 6.62. The number of likely N-dealkylation sites (N-methyl/N-ethyl adjacent to an activating group) is 1. The first kappa shape index (κ1) is 13.9. The summed E-state index contributed by atoms with van der Waals surface area (Å²) in [5.74, 6) is 0.475. The van der Waals surface area contributed by atoms with Crippen LogP contribution < -0.4 is 10.2 Å². The zero-order valence-corrected chi connectivity index (χ0v) is 11.3. The van der Waals surface area contributed by atoms with E-state index in [1.54, 1.807) is 19.4 Å². The topological polar surface area (TPSA) is 96.0 Å². The Balaban J connectivity index is 1.96. The van der Waals surface area contributed by atoms with Gasteiger partial charge in [0.25, 0.3) is 5.91 Å². The van der Waals surface area contributed by atoms with Gasteiger partial charge in [-0.1, -0.05) is 0 Å². The average molecular weight is 276 g/mol. The molecule has 1 amide bonds. The fourth-order valence-electron chi connectivity index (χ4n) is 1.53. The highest BCUT2D eigenvalue weighted by molar-refractivity contribution is 6.02. The van der Waals surface area contributed by atoms with Crippen LogP contribution in [0, 0.1) is 0 Å². The zero-order valence-electron chi connectivity index (χ0n) is 11.3. The molecule has 8 nitrogen and oxygen atoms in total. The minimum atomic E-state index is -0.332. The highest BCUT2D eigenvalue weighted by atomic mass is 16.5. The van der Waals surface area contributed by atoms with Crippen LogP contribution in [-0.4, -0.2) is 53.6 Å². The fraction of sp³-hybridized carbons (Fsp3) is 0.333. The van der Waals surface area contributed by atoms with Crippen molar-refractivity contribution in [3.05, 3.63) is 30.2 Å². The molecule has 20 heavy (non-hydrogen) atoms. The van der Waals surface area contributed by atoms with E-state index in [9.17, 15) is 4.79 Å². The summed E-state index contributed by atoms with van der Waals surface area (Å²) in [5, 5.41) is 12.4. The van der Waals surface area contributed by atoms with Crippen molar-refractivity contribution in [3.8, 4) is 0 Å². The van der Waals surface area contributed by atoms with Crippen LogP contribution in [0.25, 0.3) is 0 Å². The van der Waals surface area contributed by atoms with Crippen molar-refractivity contribution >= 4 is 17.4 Å². The highest BCUT2D eigenvalue weighted by Gasteiger charge is 2.09. The Bertz CT molecular complexity index is 540. The van der Waals surface area contributed by atoms with Crippen LogP contribution in [0.5, 0.6) is 0 Å². The maximum atomic E-state index is 11.7. The molecule has 0 bridgehead atoms. The monoisotopic (exact) mass is 276 g/mol. The molecule has 0 saturated heterocycles. The van der Waals surface area contributed by atoms with Gasteiger partial charge in [0.05, 0.1) is 24.7 Å². The Morgan fingerprint density at radius 3 is 2.90 bits per heavy atom. The van der Waals surface area contributed by atoms with Crippen LogP contribution in [-0.2, 0) is 4.74 Å². The molecule has 0 aromatic carbocycles. The van der Waals surface area contributed by atoms with Gasteiger partial charge in [-0.05, 0) is 12.1 Å². The highest BCUT2D eigenvalue weighted by Crippen LogP contribution is 2.13. The number of nitrogens with one attached hydrogen (secondary N) is 2. The van der Waals surface area contributed by atoms with Gasteiger partial charge in [-0.15, -0.1) is 0 Å². The number of rotatable bonds is 6. The number of pyridine rings is 1. The minimum Gasteiger partial charge on any atom is -0.383 e. The number of hydrogen-bond acceptors (Lipinski definition) is 6. The van der Waals surface area contributed by atoms with E-state index in [1.165, 1.54) is 6.20 Å². The molecule has 0 saturated carbocycles. The molecule has 0 aliphatic heterocycles. The second-order valence-electron chi connectivity index (χ2n) is 4.13. The Morgan fingerprint density at radius 1 is 1.45 bits per heavy atom. The fourth-order valence-corrected chi connectivity index (χ4v) is 1.53. The summed E-state index contributed by atoms with van der Waals surface area (Å²) < 4.78 is 5.01. The number of anilines is 2. The van der Waals surface area contributed by atoms with Gasteiger partial charge < -0.3 is 15.0 Å². The number of aromatic amines is 1. The van der Waals surface area contributed by atoms with Crippen LogP contribution in [0.15, 0.2) is 24.5 Å². The lowest BCUT2D eigenvalue weighted by Gasteiger charge is -2.17. The molecule has 0 aliphatic carbocycles. The summed E-state index contributed by atoms with van der Waals surface area (Å²) in [7, 11) is 3.58. The van der Waals surface area contributed by atoms with Gasteiger partial charge in [0.2, 0.25) is 0 Å². The third-order valence-electron chi connectivity index (χ3n) is 2.68. The number of carbonyl (C=O) groups excluding carboxylic acids is 1. The van der Waals surface area contributed by atoms with E-state index >= 15 is 0 Å². The van der Waals surface area contributed by atoms with E-state index in [0.29, 0.717) is 12.3 Å². The predicted molar refractivity (Wildman–Crippen MR) is 73.7 cm³/mol. The van der Waals surface area contributed by atoms with E-state index in [1.807, 2.05) is 18.0 Å². The maximum Gasteiger partial charge on any atom is 0.277 e. The summed E-state index contributed by atoms with van der Waals surface area (Å²) in [6.07, 6.45) is 2.95. The maximum absolute atomic E-state index is 11.7. The molecule has 0 aliphatic rings. The summed E-state index contributed by atoms with van der Waals surface area (Å²) >= 11 is 0. The largest absolute Gasteiger partial charge is 0.383 e. The Morgan fingerprint density at radius 2 is 2.30 bits per heavy atom. The summed E-state index contributed by atoms with van der Waals surface area (Å²) in [5.41, 5.74) is 0.827. The molecular formula is C12H16N6O2. The molecule has 0 radical (unpaired) electrons. The molecule has 2 aromatic rings. The van der Waals surface area contributed by atoms with Gasteiger partial charge in [-0.3, -0.25) is 4.79 Å². The van der Waals surface area contributed by atoms with Crippen LogP contribution in [0.4, 0.5) is 11.5 Å². The van der Waals surface area contributed by atoms with E-state index < -0.39 is 0 Å². The number of H-pyrrole nitrogens is 1. The van der Waals surface area contributed by atoms with Gasteiger partial charge in [-0.2, -0.15) is 15.4 Å². The van der Waals surface area contributed by atoms with Crippen molar-refractivity contribution in [2.45, 2.75) is 0 Å². The van der Waals surface area contributed by atoms with Crippen molar-refractivity contribution < 1.29 is 9.53 Å². The summed E-state index contributed by atoms with van der Waals surface area (Å²) in [6, 6.07) is 3.61. The van der Waals surface area contributed by atoms with Crippen LogP contribution >= 0.6 is 0 Å². The molecule has 106 valence electrons. The quantitative estimate of drug-likeness (QED) is 0.799.